The fraction of sp³-hybridized carbons (Fsp3) is 0.0833. The number of allylic oxidation sites excluding steroid dienone is 1. The zero-order valence-corrected chi connectivity index (χ0v) is 8.17. The van der Waals surface area contributed by atoms with Gasteiger partial charge in [-0.25, -0.2) is 0 Å². The molecule has 14 heavy (non-hydrogen) atoms. The van der Waals surface area contributed by atoms with Crippen LogP contribution in [0.5, 0.6) is 0 Å². The fourth-order valence-corrected chi connectivity index (χ4v) is 1.35. The number of ketones is 1. The van der Waals surface area contributed by atoms with Crippen LogP contribution in [0.4, 0.5) is 0 Å². The molecule has 1 heterocycles. The summed E-state index contributed by atoms with van der Waals surface area (Å²) in [5.41, 5.74) is 1.20. The van der Waals surface area contributed by atoms with Gasteiger partial charge < -0.3 is 4.42 Å². The molecule has 1 aromatic rings. The largest absolute Gasteiger partial charge is 0.461 e. The highest BCUT2D eigenvalue weighted by molar-refractivity contribution is 6.08. The second-order valence-corrected chi connectivity index (χ2v) is 2.79. The molecule has 0 aliphatic heterocycles. The molecule has 0 aromatic carbocycles. The third-order valence-corrected chi connectivity index (χ3v) is 1.97. The molecule has 1 rings (SSSR count). The fourth-order valence-electron chi connectivity index (χ4n) is 1.35. The number of furan rings is 1. The van der Waals surface area contributed by atoms with Crippen LogP contribution < -0.4 is 0 Å². The van der Waals surface area contributed by atoms with Gasteiger partial charge in [-0.2, -0.15) is 0 Å². The molecule has 2 nitrogen and oxygen atoms in total. The number of rotatable bonds is 4. The first-order valence-corrected chi connectivity index (χ1v) is 4.20. The van der Waals surface area contributed by atoms with Crippen LogP contribution in [0.25, 0.3) is 12.2 Å². The minimum Gasteiger partial charge on any atom is -0.461 e. The predicted octanol–water partition coefficient (Wildman–Crippen LogP) is 3.24. The first-order chi connectivity index (χ1) is 6.65. The Morgan fingerprint density at radius 2 is 1.93 bits per heavy atom. The molecule has 0 N–H and O–H groups in total. The highest BCUT2D eigenvalue weighted by Crippen LogP contribution is 2.25. The molecule has 0 saturated heterocycles. The Kier molecular flexibility index (Phi) is 2.87. The molecule has 0 fully saturated rings. The van der Waals surface area contributed by atoms with Crippen molar-refractivity contribution in [3.63, 3.8) is 0 Å². The Bertz CT molecular complexity index is 408. The highest BCUT2D eigenvalue weighted by atomic mass is 16.3. The molecule has 0 atom stereocenters. The number of carbonyl (C=O) groups excluding carboxylic acids is 1. The van der Waals surface area contributed by atoms with Crippen molar-refractivity contribution in [3.8, 4) is 0 Å². The van der Waals surface area contributed by atoms with E-state index in [1.165, 1.54) is 6.08 Å². The van der Waals surface area contributed by atoms with Crippen LogP contribution in [0.3, 0.4) is 0 Å². The zero-order valence-electron chi connectivity index (χ0n) is 8.17. The van der Waals surface area contributed by atoms with Gasteiger partial charge in [-0.05, 0) is 19.1 Å². The number of carbonyl (C=O) groups is 1. The van der Waals surface area contributed by atoms with Gasteiger partial charge in [0, 0.05) is 5.56 Å². The average Bonchev–Trinajstić information content (AvgIpc) is 2.53. The summed E-state index contributed by atoms with van der Waals surface area (Å²) in [6, 6.07) is 0. The van der Waals surface area contributed by atoms with Gasteiger partial charge in [0.1, 0.15) is 11.5 Å². The summed E-state index contributed by atoms with van der Waals surface area (Å²) in [6.45, 7) is 12.4. The van der Waals surface area contributed by atoms with Gasteiger partial charge in [0.25, 0.3) is 0 Å². The van der Waals surface area contributed by atoms with Gasteiger partial charge in [-0.1, -0.05) is 25.8 Å². The summed E-state index contributed by atoms with van der Waals surface area (Å²) in [5, 5.41) is 0. The molecular weight excluding hydrogens is 176 g/mol. The van der Waals surface area contributed by atoms with Crippen molar-refractivity contribution >= 4 is 17.9 Å². The summed E-state index contributed by atoms with van der Waals surface area (Å²) in [6.07, 6.45) is 4.41. The summed E-state index contributed by atoms with van der Waals surface area (Å²) in [7, 11) is 0. The zero-order chi connectivity index (χ0) is 10.7. The van der Waals surface area contributed by atoms with Crippen LogP contribution in [0, 0.1) is 6.92 Å². The Morgan fingerprint density at radius 3 is 2.36 bits per heavy atom. The van der Waals surface area contributed by atoms with Crippen molar-refractivity contribution in [3.05, 3.63) is 48.5 Å². The highest BCUT2D eigenvalue weighted by Gasteiger charge is 2.17. The van der Waals surface area contributed by atoms with Crippen LogP contribution in [0.1, 0.15) is 27.4 Å². The summed E-state index contributed by atoms with van der Waals surface area (Å²) < 4.78 is 5.35. The summed E-state index contributed by atoms with van der Waals surface area (Å²) in [5.74, 6) is 0.983. The average molecular weight is 188 g/mol. The Morgan fingerprint density at radius 1 is 1.29 bits per heavy atom. The van der Waals surface area contributed by atoms with Gasteiger partial charge in [-0.3, -0.25) is 4.79 Å². The SMILES string of the molecule is C=CC(=O)c1c(C)oc(C=C)c1C=C. The Balaban J connectivity index is 3.47. The van der Waals surface area contributed by atoms with E-state index in [1.807, 2.05) is 0 Å². The van der Waals surface area contributed by atoms with E-state index in [-0.39, 0.29) is 5.78 Å². The summed E-state index contributed by atoms with van der Waals surface area (Å²) in [4.78, 5) is 11.5. The van der Waals surface area contributed by atoms with Crippen molar-refractivity contribution in [2.24, 2.45) is 0 Å². The normalized spacial score (nSPS) is 9.50. The maximum Gasteiger partial charge on any atom is 0.189 e. The van der Waals surface area contributed by atoms with Gasteiger partial charge in [0.2, 0.25) is 0 Å². The molecule has 1 aromatic heterocycles. The van der Waals surface area contributed by atoms with E-state index in [0.29, 0.717) is 22.6 Å². The van der Waals surface area contributed by atoms with Crippen molar-refractivity contribution in [1.82, 2.24) is 0 Å². The molecule has 0 amide bonds. The third kappa shape index (κ3) is 1.46. The van der Waals surface area contributed by atoms with Crippen LogP contribution >= 0.6 is 0 Å². The lowest BCUT2D eigenvalue weighted by Crippen LogP contribution is -1.96. The minimum absolute atomic E-state index is 0.158. The van der Waals surface area contributed by atoms with Gasteiger partial charge in [0.05, 0.1) is 5.56 Å². The molecule has 0 radical (unpaired) electrons. The number of hydrogen-bond acceptors (Lipinski definition) is 2. The number of hydrogen-bond donors (Lipinski definition) is 0. The molecule has 0 aliphatic carbocycles. The van der Waals surface area contributed by atoms with E-state index in [0.717, 1.165) is 0 Å². The molecule has 2 heteroatoms. The first-order valence-electron chi connectivity index (χ1n) is 4.20. The number of aryl methyl sites for hydroxylation is 1. The first kappa shape index (κ1) is 10.3. The van der Waals surface area contributed by atoms with E-state index in [4.69, 9.17) is 4.42 Å². The molecule has 0 aliphatic rings. The van der Waals surface area contributed by atoms with E-state index in [1.54, 1.807) is 19.1 Å². The van der Waals surface area contributed by atoms with Crippen molar-refractivity contribution in [2.45, 2.75) is 6.92 Å². The smallest absolute Gasteiger partial charge is 0.189 e. The van der Waals surface area contributed by atoms with E-state index in [9.17, 15) is 4.79 Å². The molecule has 0 spiro atoms. The quantitative estimate of drug-likeness (QED) is 0.536. The Labute approximate surface area is 83.2 Å². The van der Waals surface area contributed by atoms with Crippen LogP contribution in [0.2, 0.25) is 0 Å². The molecular formula is C12H12O2. The predicted molar refractivity (Wildman–Crippen MR) is 58.2 cm³/mol. The summed E-state index contributed by atoms with van der Waals surface area (Å²) >= 11 is 0. The maximum absolute atomic E-state index is 11.5. The molecule has 0 unspecified atom stereocenters. The lowest BCUT2D eigenvalue weighted by atomic mass is 10.0. The van der Waals surface area contributed by atoms with Gasteiger partial charge in [0.15, 0.2) is 5.78 Å². The topological polar surface area (TPSA) is 30.2 Å². The minimum atomic E-state index is -0.158. The van der Waals surface area contributed by atoms with Crippen LogP contribution in [-0.4, -0.2) is 5.78 Å². The van der Waals surface area contributed by atoms with Crippen LogP contribution in [0.15, 0.2) is 30.2 Å². The van der Waals surface area contributed by atoms with Gasteiger partial charge in [-0.15, -0.1) is 0 Å². The van der Waals surface area contributed by atoms with Crippen LogP contribution in [-0.2, 0) is 0 Å². The van der Waals surface area contributed by atoms with Crippen molar-refractivity contribution in [2.75, 3.05) is 0 Å². The Hall–Kier alpha value is -1.83. The van der Waals surface area contributed by atoms with Gasteiger partial charge >= 0.3 is 0 Å². The maximum atomic E-state index is 11.5. The molecule has 72 valence electrons. The van der Waals surface area contributed by atoms with E-state index >= 15 is 0 Å². The lowest BCUT2D eigenvalue weighted by molar-refractivity contribution is 0.104. The second kappa shape index (κ2) is 3.92. The van der Waals surface area contributed by atoms with Crippen molar-refractivity contribution in [1.29, 1.82) is 0 Å². The second-order valence-electron chi connectivity index (χ2n) is 2.79. The van der Waals surface area contributed by atoms with Crippen molar-refractivity contribution < 1.29 is 9.21 Å². The monoisotopic (exact) mass is 188 g/mol. The standard InChI is InChI=1S/C12H12O2/c1-5-9-11(7-3)14-8(4)12(9)10(13)6-2/h5-7H,1-3H2,4H3. The van der Waals surface area contributed by atoms with E-state index < -0.39 is 0 Å². The van der Waals surface area contributed by atoms with E-state index in [2.05, 4.69) is 19.7 Å². The molecule has 0 saturated carbocycles. The molecule has 0 bridgehead atoms. The lowest BCUT2D eigenvalue weighted by Gasteiger charge is -1.94. The third-order valence-electron chi connectivity index (χ3n) is 1.97.